The van der Waals surface area contributed by atoms with Crippen molar-refractivity contribution >= 4 is 33.0 Å². The number of anilines is 2. The number of halogens is 1. The molecule has 0 aliphatic rings. The molecule has 0 amide bonds. The molecule has 106 valence electrons. The van der Waals surface area contributed by atoms with Crippen LogP contribution in [0.15, 0.2) is 41.3 Å². The average molecular weight is 311 g/mol. The lowest BCUT2D eigenvalue weighted by Gasteiger charge is -2.11. The summed E-state index contributed by atoms with van der Waals surface area (Å²) in [6, 6.07) is 9.99. The molecule has 0 bridgehead atoms. The van der Waals surface area contributed by atoms with Crippen molar-refractivity contribution in [3.8, 4) is 0 Å². The van der Waals surface area contributed by atoms with Gasteiger partial charge in [-0.25, -0.2) is 8.42 Å². The van der Waals surface area contributed by atoms with Crippen LogP contribution in [0.1, 0.15) is 11.1 Å². The molecule has 6 heteroatoms. The molecule has 0 radical (unpaired) electrons. The minimum Gasteiger partial charge on any atom is -0.398 e. The van der Waals surface area contributed by atoms with Crippen molar-refractivity contribution in [3.63, 3.8) is 0 Å². The summed E-state index contributed by atoms with van der Waals surface area (Å²) >= 11 is 6.01. The molecular weight excluding hydrogens is 296 g/mol. The number of nitrogen functional groups attached to an aromatic ring is 1. The molecule has 3 N–H and O–H groups in total. The fourth-order valence-electron chi connectivity index (χ4n) is 1.79. The Kier molecular flexibility index (Phi) is 3.92. The van der Waals surface area contributed by atoms with Crippen LogP contribution in [-0.4, -0.2) is 8.42 Å². The molecule has 0 unspecified atom stereocenters. The zero-order chi connectivity index (χ0) is 14.9. The number of benzene rings is 2. The van der Waals surface area contributed by atoms with E-state index in [1.54, 1.807) is 31.2 Å². The summed E-state index contributed by atoms with van der Waals surface area (Å²) < 4.78 is 27.2. The Hall–Kier alpha value is -1.72. The van der Waals surface area contributed by atoms with Gasteiger partial charge in [-0.1, -0.05) is 23.7 Å². The first-order valence-electron chi connectivity index (χ1n) is 5.95. The molecule has 0 heterocycles. The summed E-state index contributed by atoms with van der Waals surface area (Å²) in [7, 11) is -3.76. The molecule has 0 aromatic heterocycles. The van der Waals surface area contributed by atoms with Crippen molar-refractivity contribution in [2.24, 2.45) is 0 Å². The van der Waals surface area contributed by atoms with Crippen LogP contribution in [0.4, 0.5) is 11.4 Å². The van der Waals surface area contributed by atoms with Gasteiger partial charge in [0.2, 0.25) is 0 Å². The standard InChI is InChI=1S/C14H15ClN2O2S/c1-9-4-3-5-11(6-9)17-20(18,19)14-8-13(16)10(2)7-12(14)15/h3-8,17H,16H2,1-2H3. The highest BCUT2D eigenvalue weighted by Gasteiger charge is 2.19. The van der Waals surface area contributed by atoms with Crippen LogP contribution in [0, 0.1) is 13.8 Å². The topological polar surface area (TPSA) is 72.2 Å². The average Bonchev–Trinajstić information content (AvgIpc) is 2.33. The summed E-state index contributed by atoms with van der Waals surface area (Å²) in [5, 5.41) is 0.150. The highest BCUT2D eigenvalue weighted by atomic mass is 35.5. The lowest BCUT2D eigenvalue weighted by atomic mass is 10.2. The molecule has 2 aromatic rings. The first kappa shape index (κ1) is 14.7. The summed E-state index contributed by atoms with van der Waals surface area (Å²) in [5.41, 5.74) is 8.33. The van der Waals surface area contributed by atoms with Gasteiger partial charge >= 0.3 is 0 Å². The van der Waals surface area contributed by atoms with Crippen molar-refractivity contribution in [1.82, 2.24) is 0 Å². The first-order chi connectivity index (χ1) is 9.29. The third-order valence-electron chi connectivity index (χ3n) is 2.88. The molecule has 0 fully saturated rings. The Morgan fingerprint density at radius 3 is 2.50 bits per heavy atom. The quantitative estimate of drug-likeness (QED) is 0.854. The number of aryl methyl sites for hydroxylation is 2. The van der Waals surface area contributed by atoms with E-state index in [1.165, 1.54) is 6.07 Å². The van der Waals surface area contributed by atoms with Gasteiger partial charge in [-0.15, -0.1) is 0 Å². The molecule has 2 aromatic carbocycles. The summed E-state index contributed by atoms with van der Waals surface area (Å²) in [6.07, 6.45) is 0. The number of rotatable bonds is 3. The molecule has 0 aliphatic heterocycles. The van der Waals surface area contributed by atoms with E-state index in [2.05, 4.69) is 4.72 Å². The highest BCUT2D eigenvalue weighted by molar-refractivity contribution is 7.92. The van der Waals surface area contributed by atoms with E-state index in [9.17, 15) is 8.42 Å². The van der Waals surface area contributed by atoms with Crippen LogP contribution in [0.5, 0.6) is 0 Å². The molecule has 0 aliphatic carbocycles. The van der Waals surface area contributed by atoms with Crippen molar-refractivity contribution in [1.29, 1.82) is 0 Å². The monoisotopic (exact) mass is 310 g/mol. The number of nitrogens with two attached hydrogens (primary N) is 1. The Balaban J connectivity index is 2.43. The van der Waals surface area contributed by atoms with Crippen LogP contribution >= 0.6 is 11.6 Å². The van der Waals surface area contributed by atoms with Crippen molar-refractivity contribution in [3.05, 3.63) is 52.5 Å². The zero-order valence-electron chi connectivity index (χ0n) is 11.1. The Morgan fingerprint density at radius 1 is 1.15 bits per heavy atom. The zero-order valence-corrected chi connectivity index (χ0v) is 12.7. The molecule has 4 nitrogen and oxygen atoms in total. The van der Waals surface area contributed by atoms with Gasteiger partial charge in [0, 0.05) is 11.4 Å². The summed E-state index contributed by atoms with van der Waals surface area (Å²) in [4.78, 5) is -0.0243. The van der Waals surface area contributed by atoms with E-state index >= 15 is 0 Å². The smallest absolute Gasteiger partial charge is 0.263 e. The summed E-state index contributed by atoms with van der Waals surface area (Å²) in [5.74, 6) is 0. The van der Waals surface area contributed by atoms with E-state index in [0.29, 0.717) is 11.4 Å². The van der Waals surface area contributed by atoms with E-state index < -0.39 is 10.0 Å². The minimum absolute atomic E-state index is 0.0243. The molecule has 2 rings (SSSR count). The van der Waals surface area contributed by atoms with E-state index in [1.807, 2.05) is 13.0 Å². The Bertz CT molecular complexity index is 758. The maximum Gasteiger partial charge on any atom is 0.263 e. The van der Waals surface area contributed by atoms with Gasteiger partial charge in [0.25, 0.3) is 10.0 Å². The van der Waals surface area contributed by atoms with Gasteiger partial charge in [-0.2, -0.15) is 0 Å². The van der Waals surface area contributed by atoms with Crippen molar-refractivity contribution in [2.75, 3.05) is 10.5 Å². The van der Waals surface area contributed by atoms with Gasteiger partial charge in [0.1, 0.15) is 4.90 Å². The molecular formula is C14H15ClN2O2S. The number of hydrogen-bond donors (Lipinski definition) is 2. The van der Waals surface area contributed by atoms with Crippen LogP contribution in [0.25, 0.3) is 0 Å². The maximum atomic E-state index is 12.3. The Morgan fingerprint density at radius 2 is 1.85 bits per heavy atom. The summed E-state index contributed by atoms with van der Waals surface area (Å²) in [6.45, 7) is 3.65. The van der Waals surface area contributed by atoms with Gasteiger partial charge in [-0.3, -0.25) is 4.72 Å². The van der Waals surface area contributed by atoms with Crippen LogP contribution in [0.2, 0.25) is 5.02 Å². The number of hydrogen-bond acceptors (Lipinski definition) is 3. The van der Waals surface area contributed by atoms with Crippen LogP contribution in [0.3, 0.4) is 0 Å². The second-order valence-corrected chi connectivity index (χ2v) is 6.67. The SMILES string of the molecule is Cc1cccc(NS(=O)(=O)c2cc(N)c(C)cc2Cl)c1. The first-order valence-corrected chi connectivity index (χ1v) is 7.81. The molecule has 0 atom stereocenters. The van der Waals surface area contributed by atoms with E-state index in [0.717, 1.165) is 11.1 Å². The second-order valence-electron chi connectivity index (χ2n) is 4.61. The largest absolute Gasteiger partial charge is 0.398 e. The third-order valence-corrected chi connectivity index (χ3v) is 4.73. The minimum atomic E-state index is -3.76. The number of nitrogens with one attached hydrogen (secondary N) is 1. The van der Waals surface area contributed by atoms with E-state index in [-0.39, 0.29) is 9.92 Å². The Labute approximate surface area is 123 Å². The fraction of sp³-hybridized carbons (Fsp3) is 0.143. The molecule has 20 heavy (non-hydrogen) atoms. The van der Waals surface area contributed by atoms with Gasteiger partial charge in [-0.05, 0) is 49.2 Å². The lowest BCUT2D eigenvalue weighted by Crippen LogP contribution is -2.14. The van der Waals surface area contributed by atoms with Gasteiger partial charge in [0.15, 0.2) is 0 Å². The highest BCUT2D eigenvalue weighted by Crippen LogP contribution is 2.28. The van der Waals surface area contributed by atoms with Crippen LogP contribution < -0.4 is 10.5 Å². The van der Waals surface area contributed by atoms with Gasteiger partial charge < -0.3 is 5.73 Å². The fourth-order valence-corrected chi connectivity index (χ4v) is 3.46. The molecule has 0 saturated carbocycles. The van der Waals surface area contributed by atoms with Gasteiger partial charge in [0.05, 0.1) is 5.02 Å². The molecule has 0 spiro atoms. The van der Waals surface area contributed by atoms with Crippen LogP contribution in [-0.2, 0) is 10.0 Å². The maximum absolute atomic E-state index is 12.3. The lowest BCUT2D eigenvalue weighted by molar-refractivity contribution is 0.601. The third kappa shape index (κ3) is 3.05. The second kappa shape index (κ2) is 5.34. The normalized spacial score (nSPS) is 11.3. The van der Waals surface area contributed by atoms with Crippen molar-refractivity contribution in [2.45, 2.75) is 18.7 Å². The molecule has 0 saturated heterocycles. The number of sulfonamides is 1. The van der Waals surface area contributed by atoms with E-state index in [4.69, 9.17) is 17.3 Å². The predicted octanol–water partition coefficient (Wildman–Crippen LogP) is 3.34. The predicted molar refractivity (Wildman–Crippen MR) is 82.6 cm³/mol. The van der Waals surface area contributed by atoms with Crippen molar-refractivity contribution < 1.29 is 8.42 Å².